The zero-order valence-electron chi connectivity index (χ0n) is 12.1. The maximum absolute atomic E-state index is 5.55. The number of furan rings is 1. The predicted octanol–water partition coefficient (Wildman–Crippen LogP) is 2.38. The molecule has 2 atom stereocenters. The van der Waals surface area contributed by atoms with Gasteiger partial charge in [0.1, 0.15) is 5.76 Å². The summed E-state index contributed by atoms with van der Waals surface area (Å²) in [6.07, 6.45) is 4.28. The highest BCUT2D eigenvalue weighted by Gasteiger charge is 2.19. The normalized spacial score (nSPS) is 23.0. The van der Waals surface area contributed by atoms with Crippen LogP contribution in [0.4, 0.5) is 0 Å². The number of rotatable bonds is 4. The summed E-state index contributed by atoms with van der Waals surface area (Å²) in [6.45, 7) is 4.59. The van der Waals surface area contributed by atoms with Crippen molar-refractivity contribution in [1.29, 1.82) is 0 Å². The monoisotopic (exact) mass is 393 g/mol. The van der Waals surface area contributed by atoms with E-state index in [2.05, 4.69) is 22.5 Å². The summed E-state index contributed by atoms with van der Waals surface area (Å²) < 4.78 is 10.8. The van der Waals surface area contributed by atoms with Crippen molar-refractivity contribution in [3.63, 3.8) is 0 Å². The van der Waals surface area contributed by atoms with Crippen molar-refractivity contribution in [3.05, 3.63) is 24.2 Å². The quantitative estimate of drug-likeness (QED) is 0.469. The molecule has 0 radical (unpaired) electrons. The van der Waals surface area contributed by atoms with Crippen LogP contribution in [0.2, 0.25) is 0 Å². The highest BCUT2D eigenvalue weighted by Crippen LogP contribution is 2.18. The molecule has 2 unspecified atom stereocenters. The Bertz CT molecular complexity index is 395. The fourth-order valence-corrected chi connectivity index (χ4v) is 2.32. The van der Waals surface area contributed by atoms with Crippen LogP contribution < -0.4 is 10.6 Å². The number of ether oxygens (including phenoxy) is 1. The third-order valence-electron chi connectivity index (χ3n) is 3.39. The SMILES string of the molecule is CN=C(NCc1ccco1)NCC1CCOC(C)C1.I. The van der Waals surface area contributed by atoms with Crippen molar-refractivity contribution in [2.75, 3.05) is 20.2 Å². The van der Waals surface area contributed by atoms with Gasteiger partial charge in [-0.2, -0.15) is 0 Å². The summed E-state index contributed by atoms with van der Waals surface area (Å²) in [5.41, 5.74) is 0. The van der Waals surface area contributed by atoms with Gasteiger partial charge in [0.25, 0.3) is 0 Å². The fraction of sp³-hybridized carbons (Fsp3) is 0.643. The summed E-state index contributed by atoms with van der Waals surface area (Å²) >= 11 is 0. The van der Waals surface area contributed by atoms with Gasteiger partial charge < -0.3 is 19.8 Å². The molecule has 0 aliphatic carbocycles. The van der Waals surface area contributed by atoms with Crippen LogP contribution in [0.15, 0.2) is 27.8 Å². The molecule has 1 saturated heterocycles. The van der Waals surface area contributed by atoms with Gasteiger partial charge in [-0.25, -0.2) is 0 Å². The molecule has 0 aromatic carbocycles. The minimum Gasteiger partial charge on any atom is -0.467 e. The summed E-state index contributed by atoms with van der Waals surface area (Å²) in [7, 11) is 1.78. The summed E-state index contributed by atoms with van der Waals surface area (Å²) in [5, 5.41) is 6.60. The van der Waals surface area contributed by atoms with Crippen molar-refractivity contribution in [2.45, 2.75) is 32.4 Å². The Morgan fingerprint density at radius 1 is 1.45 bits per heavy atom. The van der Waals surface area contributed by atoms with E-state index >= 15 is 0 Å². The van der Waals surface area contributed by atoms with Crippen molar-refractivity contribution >= 4 is 29.9 Å². The Hall–Kier alpha value is -0.760. The van der Waals surface area contributed by atoms with Crippen LogP contribution in [0.1, 0.15) is 25.5 Å². The molecule has 1 fully saturated rings. The van der Waals surface area contributed by atoms with Crippen LogP contribution >= 0.6 is 24.0 Å². The van der Waals surface area contributed by atoms with Crippen molar-refractivity contribution < 1.29 is 9.15 Å². The third-order valence-corrected chi connectivity index (χ3v) is 3.39. The first-order chi connectivity index (χ1) is 9.28. The topological polar surface area (TPSA) is 58.8 Å². The smallest absolute Gasteiger partial charge is 0.191 e. The van der Waals surface area contributed by atoms with E-state index in [9.17, 15) is 0 Å². The van der Waals surface area contributed by atoms with Gasteiger partial charge in [-0.15, -0.1) is 24.0 Å². The standard InChI is InChI=1S/C14H23N3O2.HI/c1-11-8-12(5-7-18-11)9-16-14(15-2)17-10-13-4-3-6-19-13;/h3-4,6,11-12H,5,7-10H2,1-2H3,(H2,15,16,17);1H. The van der Waals surface area contributed by atoms with Gasteiger partial charge >= 0.3 is 0 Å². The molecule has 0 saturated carbocycles. The Balaban J connectivity index is 0.00000200. The van der Waals surface area contributed by atoms with E-state index in [4.69, 9.17) is 9.15 Å². The first kappa shape index (κ1) is 17.3. The molecule has 2 heterocycles. The number of aliphatic imine (C=N–C) groups is 1. The number of nitrogens with one attached hydrogen (secondary N) is 2. The second-order valence-corrected chi connectivity index (χ2v) is 4.96. The van der Waals surface area contributed by atoms with Gasteiger partial charge in [0, 0.05) is 20.2 Å². The van der Waals surface area contributed by atoms with E-state index in [1.54, 1.807) is 13.3 Å². The lowest BCUT2D eigenvalue weighted by Crippen LogP contribution is -2.41. The van der Waals surface area contributed by atoms with Crippen LogP contribution in [0.5, 0.6) is 0 Å². The molecule has 20 heavy (non-hydrogen) atoms. The van der Waals surface area contributed by atoms with E-state index < -0.39 is 0 Å². The second-order valence-electron chi connectivity index (χ2n) is 4.96. The lowest BCUT2D eigenvalue weighted by molar-refractivity contribution is 0.00378. The molecule has 0 spiro atoms. The zero-order chi connectivity index (χ0) is 13.5. The average Bonchev–Trinajstić information content (AvgIpc) is 2.92. The Morgan fingerprint density at radius 2 is 2.30 bits per heavy atom. The summed E-state index contributed by atoms with van der Waals surface area (Å²) in [4.78, 5) is 4.21. The largest absolute Gasteiger partial charge is 0.467 e. The molecule has 2 rings (SSSR count). The van der Waals surface area contributed by atoms with Crippen LogP contribution in [0.3, 0.4) is 0 Å². The lowest BCUT2D eigenvalue weighted by Gasteiger charge is -2.27. The minimum absolute atomic E-state index is 0. The first-order valence-corrected chi connectivity index (χ1v) is 6.86. The molecule has 6 heteroatoms. The van der Waals surface area contributed by atoms with Crippen LogP contribution in [-0.4, -0.2) is 32.3 Å². The molecular weight excluding hydrogens is 369 g/mol. The van der Waals surface area contributed by atoms with E-state index in [0.717, 1.165) is 37.7 Å². The van der Waals surface area contributed by atoms with Crippen LogP contribution in [0.25, 0.3) is 0 Å². The molecule has 1 aliphatic heterocycles. The lowest BCUT2D eigenvalue weighted by atomic mass is 9.96. The highest BCUT2D eigenvalue weighted by molar-refractivity contribution is 14.0. The predicted molar refractivity (Wildman–Crippen MR) is 90.5 cm³/mol. The second kappa shape index (κ2) is 9.23. The Morgan fingerprint density at radius 3 is 2.95 bits per heavy atom. The number of nitrogens with zero attached hydrogens (tertiary/aromatic N) is 1. The first-order valence-electron chi connectivity index (χ1n) is 6.86. The molecule has 1 aromatic rings. The minimum atomic E-state index is 0. The van der Waals surface area contributed by atoms with Gasteiger partial charge in [0.2, 0.25) is 0 Å². The van der Waals surface area contributed by atoms with Gasteiger partial charge in [-0.05, 0) is 37.8 Å². The molecule has 2 N–H and O–H groups in total. The number of hydrogen-bond acceptors (Lipinski definition) is 3. The van der Waals surface area contributed by atoms with E-state index in [-0.39, 0.29) is 24.0 Å². The molecule has 1 aliphatic rings. The van der Waals surface area contributed by atoms with Crippen LogP contribution in [-0.2, 0) is 11.3 Å². The summed E-state index contributed by atoms with van der Waals surface area (Å²) in [5.74, 6) is 2.38. The molecular formula is C14H24IN3O2. The number of halogens is 1. The maximum Gasteiger partial charge on any atom is 0.191 e. The maximum atomic E-state index is 5.55. The fourth-order valence-electron chi connectivity index (χ4n) is 2.32. The Labute approximate surface area is 137 Å². The van der Waals surface area contributed by atoms with Crippen LogP contribution in [0, 0.1) is 5.92 Å². The van der Waals surface area contributed by atoms with Gasteiger partial charge in [0.15, 0.2) is 5.96 Å². The molecule has 5 nitrogen and oxygen atoms in total. The van der Waals surface area contributed by atoms with E-state index in [1.807, 2.05) is 12.1 Å². The van der Waals surface area contributed by atoms with Crippen molar-refractivity contribution in [1.82, 2.24) is 10.6 Å². The van der Waals surface area contributed by atoms with Gasteiger partial charge in [-0.3, -0.25) is 4.99 Å². The molecule has 0 bridgehead atoms. The molecule has 0 amide bonds. The molecule has 114 valence electrons. The van der Waals surface area contributed by atoms with E-state index in [1.165, 1.54) is 0 Å². The highest BCUT2D eigenvalue weighted by atomic mass is 127. The summed E-state index contributed by atoms with van der Waals surface area (Å²) in [6, 6.07) is 3.83. The number of hydrogen-bond donors (Lipinski definition) is 2. The molecule has 1 aromatic heterocycles. The van der Waals surface area contributed by atoms with Crippen molar-refractivity contribution in [2.24, 2.45) is 10.9 Å². The van der Waals surface area contributed by atoms with Gasteiger partial charge in [-0.1, -0.05) is 0 Å². The third kappa shape index (κ3) is 5.70. The van der Waals surface area contributed by atoms with E-state index in [0.29, 0.717) is 18.6 Å². The average molecular weight is 393 g/mol. The Kier molecular flexibility index (Phi) is 7.98. The zero-order valence-corrected chi connectivity index (χ0v) is 14.4. The van der Waals surface area contributed by atoms with Gasteiger partial charge in [0.05, 0.1) is 18.9 Å². The number of guanidine groups is 1. The van der Waals surface area contributed by atoms with Crippen molar-refractivity contribution in [3.8, 4) is 0 Å².